The van der Waals surface area contributed by atoms with E-state index in [1.54, 1.807) is 67.8 Å². The molecule has 0 radical (unpaired) electrons. The minimum atomic E-state index is -4.76. The monoisotopic (exact) mass is 891 g/mol. The van der Waals surface area contributed by atoms with E-state index in [0.717, 1.165) is 5.56 Å². The van der Waals surface area contributed by atoms with Crippen LogP contribution in [-0.4, -0.2) is 86.5 Å². The molecule has 1 aromatic heterocycles. The summed E-state index contributed by atoms with van der Waals surface area (Å²) in [7, 11) is -4.80. The quantitative estimate of drug-likeness (QED) is 0.112. The molecule has 1 atom stereocenters. The normalized spacial score (nSPS) is 12.3. The van der Waals surface area contributed by atoms with Gasteiger partial charge in [0.05, 0.1) is 33.4 Å². The number of nitrogens with zero attached hydrogens (tertiary/aromatic N) is 5. The topological polar surface area (TPSA) is 204 Å². The number of nitrogens with one attached hydrogen (secondary N) is 2. The van der Waals surface area contributed by atoms with Gasteiger partial charge in [-0.05, 0) is 99.9 Å². The molecule has 0 fully saturated rings. The second-order valence-electron chi connectivity index (χ2n) is 11.9. The van der Waals surface area contributed by atoms with Gasteiger partial charge in [0, 0.05) is 29.2 Å². The van der Waals surface area contributed by atoms with E-state index in [1.807, 2.05) is 34.7 Å². The van der Waals surface area contributed by atoms with Crippen molar-refractivity contribution in [2.45, 2.75) is 42.4 Å². The lowest BCUT2D eigenvalue weighted by Gasteiger charge is -2.26. The number of methoxy groups -OCH3 is 3. The minimum absolute atomic E-state index is 0.0785. The van der Waals surface area contributed by atoms with Gasteiger partial charge >= 0.3 is 6.09 Å². The number of rotatable bonds is 17. The Bertz CT molecular complexity index is 2240. The average Bonchev–Trinajstić information content (AvgIpc) is 3.62. The van der Waals surface area contributed by atoms with Crippen molar-refractivity contribution in [3.63, 3.8) is 0 Å². The molecular formula is C35H38IN7O9S2. The van der Waals surface area contributed by atoms with Gasteiger partial charge in [-0.1, -0.05) is 36.4 Å². The first kappa shape index (κ1) is 40.4. The molecular weight excluding hydrogens is 853 g/mol. The molecule has 0 aliphatic heterocycles. The SMILES string of the molecule is COc1ccc(CN(Cc2ccc(OC)cc2)S(=O)(=O)c2c(S(=O)(=O)N[C@@H](C)CNC(=O)O)ccc(I)c2-c2nnn(Cc3ccc(OC)cc3)n2)cc1. The van der Waals surface area contributed by atoms with E-state index in [4.69, 9.17) is 19.3 Å². The van der Waals surface area contributed by atoms with Crippen LogP contribution in [0.3, 0.4) is 0 Å². The maximum Gasteiger partial charge on any atom is 0.404 e. The fourth-order valence-corrected chi connectivity index (χ4v) is 9.88. The summed E-state index contributed by atoms with van der Waals surface area (Å²) in [4.78, 5) is 11.3. The number of ether oxygens (including phenoxy) is 3. The molecule has 3 N–H and O–H groups in total. The van der Waals surface area contributed by atoms with Crippen LogP contribution in [0.1, 0.15) is 23.6 Å². The van der Waals surface area contributed by atoms with Gasteiger partial charge in [0.2, 0.25) is 25.9 Å². The van der Waals surface area contributed by atoms with Crippen molar-refractivity contribution in [1.29, 1.82) is 0 Å². The number of carboxylic acid groups (broad SMARTS) is 1. The maximum absolute atomic E-state index is 15.3. The van der Waals surface area contributed by atoms with Crippen molar-refractivity contribution in [2.24, 2.45) is 0 Å². The average molecular weight is 892 g/mol. The summed E-state index contributed by atoms with van der Waals surface area (Å²) in [5.41, 5.74) is 1.92. The van der Waals surface area contributed by atoms with Crippen LogP contribution in [-0.2, 0) is 39.7 Å². The summed E-state index contributed by atoms with van der Waals surface area (Å²) in [6, 6.07) is 22.5. The molecule has 54 heavy (non-hydrogen) atoms. The maximum atomic E-state index is 15.3. The molecule has 0 aliphatic carbocycles. The van der Waals surface area contributed by atoms with E-state index in [-0.39, 0.29) is 37.6 Å². The largest absolute Gasteiger partial charge is 0.497 e. The molecule has 0 bridgehead atoms. The molecule has 0 saturated carbocycles. The van der Waals surface area contributed by atoms with Gasteiger partial charge in [0.15, 0.2) is 0 Å². The van der Waals surface area contributed by atoms with Crippen LogP contribution in [0, 0.1) is 3.57 Å². The number of carbonyl (C=O) groups is 1. The van der Waals surface area contributed by atoms with E-state index in [1.165, 1.54) is 42.4 Å². The molecule has 1 amide bonds. The molecule has 0 spiro atoms. The smallest absolute Gasteiger partial charge is 0.404 e. The predicted octanol–water partition coefficient (Wildman–Crippen LogP) is 4.34. The molecule has 0 saturated heterocycles. The second kappa shape index (κ2) is 17.5. The molecule has 0 aliphatic rings. The van der Waals surface area contributed by atoms with Gasteiger partial charge in [0.25, 0.3) is 0 Å². The zero-order chi connectivity index (χ0) is 39.0. The Balaban J connectivity index is 1.68. The Kier molecular flexibility index (Phi) is 13.1. The zero-order valence-corrected chi connectivity index (χ0v) is 33.4. The van der Waals surface area contributed by atoms with Crippen LogP contribution in [0.4, 0.5) is 4.79 Å². The first-order valence-electron chi connectivity index (χ1n) is 16.2. The Morgan fingerprint density at radius 2 is 1.31 bits per heavy atom. The molecule has 16 nitrogen and oxygen atoms in total. The highest BCUT2D eigenvalue weighted by Gasteiger charge is 2.37. The third kappa shape index (κ3) is 9.82. The van der Waals surface area contributed by atoms with Crippen molar-refractivity contribution in [2.75, 3.05) is 27.9 Å². The summed E-state index contributed by atoms with van der Waals surface area (Å²) >= 11 is 1.92. The molecule has 286 valence electrons. The predicted molar refractivity (Wildman–Crippen MR) is 206 cm³/mol. The number of amides is 1. The van der Waals surface area contributed by atoms with Crippen LogP contribution in [0.5, 0.6) is 17.2 Å². The van der Waals surface area contributed by atoms with Crippen molar-refractivity contribution in [3.8, 4) is 28.6 Å². The van der Waals surface area contributed by atoms with Crippen LogP contribution < -0.4 is 24.2 Å². The minimum Gasteiger partial charge on any atom is -0.497 e. The van der Waals surface area contributed by atoms with Crippen molar-refractivity contribution in [1.82, 2.24) is 34.6 Å². The van der Waals surface area contributed by atoms with E-state index in [9.17, 15) is 13.2 Å². The van der Waals surface area contributed by atoms with Crippen LogP contribution >= 0.6 is 22.6 Å². The molecule has 0 unspecified atom stereocenters. The van der Waals surface area contributed by atoms with Gasteiger partial charge < -0.3 is 24.6 Å². The second-order valence-corrected chi connectivity index (χ2v) is 16.6. The summed E-state index contributed by atoms with van der Waals surface area (Å²) < 4.78 is 78.6. The summed E-state index contributed by atoms with van der Waals surface area (Å²) in [6.45, 7) is 1.02. The lowest BCUT2D eigenvalue weighted by Crippen LogP contribution is -2.42. The third-order valence-corrected chi connectivity index (χ3v) is 12.6. The fraction of sp³-hybridized carbons (Fsp3) is 0.257. The third-order valence-electron chi connectivity index (χ3n) is 8.07. The summed E-state index contributed by atoms with van der Waals surface area (Å²) in [5, 5.41) is 24.1. The summed E-state index contributed by atoms with van der Waals surface area (Å²) in [6.07, 6.45) is -1.35. The molecule has 5 rings (SSSR count). The highest BCUT2D eigenvalue weighted by molar-refractivity contribution is 14.1. The van der Waals surface area contributed by atoms with Gasteiger partial charge in [0.1, 0.15) is 27.0 Å². The number of halogens is 1. The Morgan fingerprint density at radius 1 is 0.815 bits per heavy atom. The van der Waals surface area contributed by atoms with Gasteiger partial charge in [-0.15, -0.1) is 10.2 Å². The Morgan fingerprint density at radius 3 is 1.80 bits per heavy atom. The first-order chi connectivity index (χ1) is 25.7. The number of sulfonamides is 2. The number of tetrazole rings is 1. The van der Waals surface area contributed by atoms with E-state index in [0.29, 0.717) is 31.9 Å². The molecule has 5 aromatic rings. The molecule has 4 aromatic carbocycles. The highest BCUT2D eigenvalue weighted by atomic mass is 127. The molecule has 19 heteroatoms. The molecule has 1 heterocycles. The standard InChI is InChI=1S/C35H38IN7O9S2/c1-23(19-37-35(44)45)40-53(46,47)31-18-17-30(36)32(34-38-41-43(39-34)22-26-9-15-29(52-4)16-10-26)33(31)54(48,49)42(20-24-5-11-27(50-2)12-6-24)21-25-7-13-28(51-3)14-8-25/h5-18,23,37,40H,19-22H2,1-4H3,(H,44,45)/t23-/m0/s1. The van der Waals surface area contributed by atoms with Crippen LogP contribution in [0.25, 0.3) is 11.4 Å². The van der Waals surface area contributed by atoms with Crippen LogP contribution in [0.15, 0.2) is 94.7 Å². The van der Waals surface area contributed by atoms with Crippen molar-refractivity contribution in [3.05, 3.63) is 105 Å². The van der Waals surface area contributed by atoms with Crippen molar-refractivity contribution < 1.29 is 40.9 Å². The zero-order valence-electron chi connectivity index (χ0n) is 29.6. The van der Waals surface area contributed by atoms with Crippen molar-refractivity contribution >= 4 is 48.7 Å². The summed E-state index contributed by atoms with van der Waals surface area (Å²) in [5.74, 6) is 1.66. The van der Waals surface area contributed by atoms with Crippen LogP contribution in [0.2, 0.25) is 0 Å². The van der Waals surface area contributed by atoms with Gasteiger partial charge in [-0.2, -0.15) is 9.10 Å². The number of benzene rings is 4. The Labute approximate surface area is 326 Å². The van der Waals surface area contributed by atoms with Gasteiger partial charge in [-0.25, -0.2) is 26.4 Å². The number of aromatic nitrogens is 4. The fourth-order valence-electron chi connectivity index (χ4n) is 5.35. The lowest BCUT2D eigenvalue weighted by atomic mass is 10.2. The lowest BCUT2D eigenvalue weighted by molar-refractivity contribution is 0.193. The van der Waals surface area contributed by atoms with E-state index in [2.05, 4.69) is 25.4 Å². The Hall–Kier alpha value is -4.83. The van der Waals surface area contributed by atoms with E-state index >= 15 is 8.42 Å². The van der Waals surface area contributed by atoms with Gasteiger partial charge in [-0.3, -0.25) is 0 Å². The highest BCUT2D eigenvalue weighted by Crippen LogP contribution is 2.38. The number of hydrogen-bond donors (Lipinski definition) is 3. The number of hydrogen-bond acceptors (Lipinski definition) is 11. The first-order valence-corrected chi connectivity index (χ1v) is 20.2. The van der Waals surface area contributed by atoms with E-state index < -0.39 is 42.0 Å².